The average Bonchev–Trinajstić information content (AvgIpc) is 0.763. The molecule has 2 saturated heterocycles. The van der Waals surface area contributed by atoms with Crippen LogP contribution in [0.5, 0.6) is 0 Å². The van der Waals surface area contributed by atoms with Crippen LogP contribution in [-0.4, -0.2) is 204 Å². The van der Waals surface area contributed by atoms with Crippen LogP contribution in [0.4, 0.5) is 0 Å². The van der Waals surface area contributed by atoms with E-state index >= 15 is 0 Å². The van der Waals surface area contributed by atoms with Crippen molar-refractivity contribution in [3.05, 3.63) is 24.3 Å². The molecule has 18 unspecified atom stereocenters. The smallest absolute Gasteiger partial charge is 0.463 e. The van der Waals surface area contributed by atoms with E-state index in [2.05, 4.69) is 45.1 Å². The van der Waals surface area contributed by atoms with Gasteiger partial charge in [0.1, 0.15) is 98.7 Å². The number of aliphatic hydroxyl groups excluding tert-OH is 10. The van der Waals surface area contributed by atoms with E-state index in [9.17, 15) is 74.9 Å². The van der Waals surface area contributed by atoms with Crippen molar-refractivity contribution in [3.63, 3.8) is 0 Å². The summed E-state index contributed by atoms with van der Waals surface area (Å²) in [6.45, 7) is 3.43. The highest BCUT2D eigenvalue weighted by molar-refractivity contribution is 7.47. The minimum absolute atomic E-state index is 0.0248. The Labute approximate surface area is 592 Å². The first-order valence-corrected chi connectivity index (χ1v) is 40.1. The van der Waals surface area contributed by atoms with E-state index in [0.29, 0.717) is 19.3 Å². The molecule has 0 amide bonds. The van der Waals surface area contributed by atoms with Gasteiger partial charge in [0.15, 0.2) is 18.7 Å². The molecule has 11 N–H and O–H groups in total. The van der Waals surface area contributed by atoms with Gasteiger partial charge in [0.05, 0.1) is 13.2 Å². The molecule has 3 rings (SSSR count). The minimum Gasteiger partial charge on any atom is -0.463 e. The molecule has 25 heteroatoms. The number of carbonyl (C=O) groups excluding carboxylic acids is 3. The molecule has 1 aliphatic carbocycles. The molecule has 3 aliphatic rings. The zero-order valence-corrected chi connectivity index (χ0v) is 61.4. The van der Waals surface area contributed by atoms with Crippen molar-refractivity contribution >= 4 is 25.7 Å². The van der Waals surface area contributed by atoms with Crippen molar-refractivity contribution in [1.82, 2.24) is 0 Å². The Bertz CT molecular complexity index is 2140. The summed E-state index contributed by atoms with van der Waals surface area (Å²) in [5.74, 6) is -2.01. The summed E-state index contributed by atoms with van der Waals surface area (Å²) in [4.78, 5) is 51.0. The summed E-state index contributed by atoms with van der Waals surface area (Å²) in [6.07, 6.45) is 16.6. The first-order valence-electron chi connectivity index (χ1n) is 38.6. The normalized spacial score (nSPS) is 27.6. The van der Waals surface area contributed by atoms with Crippen LogP contribution >= 0.6 is 7.82 Å². The molecular weight excluding hydrogens is 1300 g/mol. The van der Waals surface area contributed by atoms with Gasteiger partial charge in [-0.15, -0.1) is 0 Å². The average molecular weight is 1440 g/mol. The van der Waals surface area contributed by atoms with E-state index in [1.807, 2.05) is 0 Å². The summed E-state index contributed by atoms with van der Waals surface area (Å²) in [6, 6.07) is 0. The molecule has 0 aromatic heterocycles. The standard InChI is InChI=1S/C74H135O24P/c1-4-7-10-13-16-19-22-25-28-31-34-37-40-43-46-49-59(77)91-54-57-62(80)64(82)69(87)74(95-57)97-71-67(85)65(83)66(84)70(96-73-68(86)63(81)61(79)56(51-75)94-73)72(71)98-99(88,89)92-53-55(52-90-58(76)48-45-42-39-36-33-30-27-24-21-18-15-12-9-6-3)93-60(78)50-47-44-41-38-35-32-29-26-23-20-17-14-11-8-5-2/h20,23,30,33,55-57,61-75,79-87H,4-19,21-22,24-29,31-32,34-54H2,1-3H3,(H,88,89)/b23-20-,33-30-. The predicted octanol–water partition coefficient (Wildman–Crippen LogP) is 10.9. The Morgan fingerprint density at radius 1 is 0.384 bits per heavy atom. The van der Waals surface area contributed by atoms with Crippen molar-refractivity contribution in [1.29, 1.82) is 0 Å². The Kier molecular flexibility index (Phi) is 51.2. The largest absolute Gasteiger partial charge is 0.472 e. The van der Waals surface area contributed by atoms with E-state index in [4.69, 9.17) is 42.2 Å². The van der Waals surface area contributed by atoms with Crippen LogP contribution in [0.25, 0.3) is 0 Å². The lowest BCUT2D eigenvalue weighted by atomic mass is 9.84. The Hall–Kier alpha value is -2.56. The van der Waals surface area contributed by atoms with Gasteiger partial charge in [0.2, 0.25) is 0 Å². The molecule has 0 radical (unpaired) electrons. The monoisotopic (exact) mass is 1440 g/mol. The fraction of sp³-hybridized carbons (Fsp3) is 0.905. The van der Waals surface area contributed by atoms with Gasteiger partial charge in [0, 0.05) is 19.3 Å². The van der Waals surface area contributed by atoms with Crippen molar-refractivity contribution in [2.24, 2.45) is 0 Å². The second kappa shape index (κ2) is 55.9. The molecule has 0 spiro atoms. The zero-order valence-electron chi connectivity index (χ0n) is 60.5. The van der Waals surface area contributed by atoms with Crippen LogP contribution in [-0.2, 0) is 61.2 Å². The lowest BCUT2D eigenvalue weighted by molar-refractivity contribution is -0.360. The number of allylic oxidation sites excluding steroid dienone is 4. The van der Waals surface area contributed by atoms with Gasteiger partial charge in [-0.25, -0.2) is 4.57 Å². The number of unbranched alkanes of at least 4 members (excludes halogenated alkanes) is 35. The van der Waals surface area contributed by atoms with Gasteiger partial charge in [-0.1, -0.05) is 231 Å². The first kappa shape index (κ1) is 90.7. The summed E-state index contributed by atoms with van der Waals surface area (Å²) in [7, 11) is -5.70. The molecular formula is C74H135O24P. The van der Waals surface area contributed by atoms with Crippen LogP contribution in [0.15, 0.2) is 24.3 Å². The summed E-state index contributed by atoms with van der Waals surface area (Å²) >= 11 is 0. The fourth-order valence-corrected chi connectivity index (χ4v) is 13.6. The van der Waals surface area contributed by atoms with E-state index in [-0.39, 0.29) is 19.3 Å². The number of rotatable bonds is 60. The Balaban J connectivity index is 1.73. The summed E-state index contributed by atoms with van der Waals surface area (Å²) in [5.41, 5.74) is 0. The number of esters is 3. The van der Waals surface area contributed by atoms with Crippen molar-refractivity contribution < 1.29 is 117 Å². The zero-order chi connectivity index (χ0) is 72.5. The second-order valence-corrected chi connectivity index (χ2v) is 29.1. The maximum absolute atomic E-state index is 14.3. The summed E-state index contributed by atoms with van der Waals surface area (Å²) < 4.78 is 65.0. The van der Waals surface area contributed by atoms with E-state index in [1.54, 1.807) is 0 Å². The maximum atomic E-state index is 14.3. The molecule has 99 heavy (non-hydrogen) atoms. The van der Waals surface area contributed by atoms with E-state index < -0.39 is 156 Å². The number of ether oxygens (including phenoxy) is 7. The SMILES string of the molecule is CCCCCC/C=C\CCCCCCCCCC(=O)OC(COC(=O)CCCCC/C=C\CCCCCCCCC)COP(=O)(O)OC1C(OC2OC(CO)C(O)C(O)C2O)C(O)C(O)C(O)C1OC1OC(COC(=O)CCCCCCCCCCCCCCCCC)C(O)C(O)C1O. The van der Waals surface area contributed by atoms with Gasteiger partial charge in [0.25, 0.3) is 0 Å². The molecule has 18 atom stereocenters. The van der Waals surface area contributed by atoms with Gasteiger partial charge in [-0.05, 0) is 70.6 Å². The fourth-order valence-electron chi connectivity index (χ4n) is 12.6. The number of carbonyl (C=O) groups is 3. The summed E-state index contributed by atoms with van der Waals surface area (Å²) in [5, 5.41) is 110. The highest BCUT2D eigenvalue weighted by atomic mass is 31.2. The Morgan fingerprint density at radius 2 is 0.707 bits per heavy atom. The molecule has 2 aliphatic heterocycles. The Morgan fingerprint density at radius 3 is 1.11 bits per heavy atom. The second-order valence-electron chi connectivity index (χ2n) is 27.7. The van der Waals surface area contributed by atoms with E-state index in [0.717, 1.165) is 116 Å². The van der Waals surface area contributed by atoms with Crippen LogP contribution in [0.1, 0.15) is 297 Å². The molecule has 3 fully saturated rings. The van der Waals surface area contributed by atoms with Crippen molar-refractivity contribution in [2.45, 2.75) is 401 Å². The third kappa shape index (κ3) is 38.9. The maximum Gasteiger partial charge on any atom is 0.472 e. The molecule has 0 aromatic carbocycles. The van der Waals surface area contributed by atoms with Crippen LogP contribution < -0.4 is 0 Å². The molecule has 580 valence electrons. The first-order chi connectivity index (χ1) is 47.8. The highest BCUT2D eigenvalue weighted by Crippen LogP contribution is 2.49. The molecule has 2 heterocycles. The molecule has 0 aromatic rings. The lowest BCUT2D eigenvalue weighted by Crippen LogP contribution is -2.69. The third-order valence-corrected chi connectivity index (χ3v) is 19.9. The molecule has 24 nitrogen and oxygen atoms in total. The van der Waals surface area contributed by atoms with Gasteiger partial charge >= 0.3 is 25.7 Å². The molecule has 1 saturated carbocycles. The number of phosphoric acid groups is 1. The number of aliphatic hydroxyl groups is 10. The topological polar surface area (TPSA) is 374 Å². The number of hydrogen-bond acceptors (Lipinski definition) is 23. The van der Waals surface area contributed by atoms with Crippen LogP contribution in [0.3, 0.4) is 0 Å². The van der Waals surface area contributed by atoms with Gasteiger partial charge in [-0.3, -0.25) is 23.4 Å². The quantitative estimate of drug-likeness (QED) is 0.00886. The van der Waals surface area contributed by atoms with Crippen molar-refractivity contribution in [3.8, 4) is 0 Å². The van der Waals surface area contributed by atoms with Crippen LogP contribution in [0.2, 0.25) is 0 Å². The number of phosphoric ester groups is 1. The number of hydrogen-bond donors (Lipinski definition) is 11. The minimum atomic E-state index is -5.70. The molecule has 0 bridgehead atoms. The van der Waals surface area contributed by atoms with E-state index in [1.165, 1.54) is 122 Å². The van der Waals surface area contributed by atoms with Crippen molar-refractivity contribution in [2.75, 3.05) is 26.4 Å². The lowest BCUT2D eigenvalue weighted by Gasteiger charge is -2.49. The van der Waals surface area contributed by atoms with Gasteiger partial charge < -0.3 is 89.1 Å². The highest BCUT2D eigenvalue weighted by Gasteiger charge is 2.58. The third-order valence-electron chi connectivity index (χ3n) is 19.0. The van der Waals surface area contributed by atoms with Crippen LogP contribution in [0, 0.1) is 0 Å². The van der Waals surface area contributed by atoms with Gasteiger partial charge in [-0.2, -0.15) is 0 Å². The predicted molar refractivity (Wildman–Crippen MR) is 374 cm³/mol.